The number of hydrogen-bond donors (Lipinski definition) is 0. The lowest BCUT2D eigenvalue weighted by Crippen LogP contribution is -2.49. The Kier molecular flexibility index (Phi) is 4.43. The lowest BCUT2D eigenvalue weighted by Gasteiger charge is -2.57. The highest BCUT2D eigenvalue weighted by Gasteiger charge is 2.56. The number of fused-ring (bicyclic) bond motifs is 5. The molecule has 158 valence electrons. The summed E-state index contributed by atoms with van der Waals surface area (Å²) in [5.74, 6) is 1.71. The number of hydrogen-bond acceptors (Lipinski definition) is 2. The Hall–Kier alpha value is -2.10. The Labute approximate surface area is 177 Å². The largest absolute Gasteiger partial charge is 0.295 e. The first-order valence-corrected chi connectivity index (χ1v) is 11.2. The van der Waals surface area contributed by atoms with Crippen LogP contribution in [-0.4, -0.2) is 10.8 Å². The number of allylic oxidation sites excluding steroid dienone is 6. The van der Waals surface area contributed by atoms with Gasteiger partial charge in [0.15, 0.2) is 5.78 Å². The minimum absolute atomic E-state index is 0.0143. The minimum atomic E-state index is -2.51. The highest BCUT2D eigenvalue weighted by atomic mass is 19.3. The van der Waals surface area contributed by atoms with Crippen molar-refractivity contribution in [1.29, 1.82) is 0 Å². The van der Waals surface area contributed by atoms with Gasteiger partial charge in [-0.25, -0.2) is 8.78 Å². The molecule has 0 spiro atoms. The summed E-state index contributed by atoms with van der Waals surface area (Å²) >= 11 is 0. The number of ketones is 1. The van der Waals surface area contributed by atoms with Crippen LogP contribution in [0.1, 0.15) is 70.4 Å². The summed E-state index contributed by atoms with van der Waals surface area (Å²) in [7, 11) is 0. The van der Waals surface area contributed by atoms with Crippen molar-refractivity contribution in [2.45, 2.75) is 59.3 Å². The molecule has 0 aliphatic heterocycles. The first-order chi connectivity index (χ1) is 14.2. The third-order valence-corrected chi connectivity index (χ3v) is 8.65. The zero-order chi connectivity index (χ0) is 21.3. The van der Waals surface area contributed by atoms with Crippen LogP contribution in [-0.2, 0) is 4.79 Å². The van der Waals surface area contributed by atoms with Crippen LogP contribution in [0.2, 0.25) is 0 Å². The van der Waals surface area contributed by atoms with Crippen LogP contribution < -0.4 is 0 Å². The molecule has 2 saturated carbocycles. The van der Waals surface area contributed by atoms with Gasteiger partial charge < -0.3 is 0 Å². The number of aromatic nitrogens is 1. The molecule has 2 fully saturated rings. The van der Waals surface area contributed by atoms with E-state index in [-0.39, 0.29) is 22.2 Å². The molecule has 0 saturated heterocycles. The molecule has 4 aliphatic carbocycles. The van der Waals surface area contributed by atoms with Crippen molar-refractivity contribution in [2.24, 2.45) is 28.6 Å². The first-order valence-electron chi connectivity index (χ1n) is 11.2. The maximum Gasteiger partial charge on any atom is 0.265 e. The quantitative estimate of drug-likeness (QED) is 0.543. The third kappa shape index (κ3) is 2.72. The zero-order valence-electron chi connectivity index (χ0n) is 17.9. The van der Waals surface area contributed by atoms with E-state index in [0.29, 0.717) is 24.2 Å². The smallest absolute Gasteiger partial charge is 0.265 e. The van der Waals surface area contributed by atoms with E-state index in [1.54, 1.807) is 12.3 Å². The van der Waals surface area contributed by atoms with Gasteiger partial charge >= 0.3 is 0 Å². The number of halogens is 2. The number of nitrogens with zero attached hydrogens (tertiary/aromatic N) is 1. The van der Waals surface area contributed by atoms with E-state index >= 15 is 0 Å². The van der Waals surface area contributed by atoms with Gasteiger partial charge in [-0.2, -0.15) is 0 Å². The van der Waals surface area contributed by atoms with E-state index in [9.17, 15) is 13.6 Å². The molecule has 4 aliphatic rings. The Balaban J connectivity index is 1.50. The summed E-state index contributed by atoms with van der Waals surface area (Å²) < 4.78 is 26.5. The monoisotopic (exact) mass is 409 g/mol. The Morgan fingerprint density at radius 2 is 1.93 bits per heavy atom. The van der Waals surface area contributed by atoms with Gasteiger partial charge in [0.25, 0.3) is 6.43 Å². The van der Waals surface area contributed by atoms with Crippen molar-refractivity contribution in [3.63, 3.8) is 0 Å². The number of alkyl halides is 2. The Bertz CT molecular complexity index is 1010. The molecule has 2 nitrogen and oxygen atoms in total. The van der Waals surface area contributed by atoms with E-state index in [4.69, 9.17) is 0 Å². The molecule has 4 heteroatoms. The van der Waals surface area contributed by atoms with E-state index < -0.39 is 6.43 Å². The maximum atomic E-state index is 13.3. The fourth-order valence-electron chi connectivity index (χ4n) is 7.11. The van der Waals surface area contributed by atoms with Crippen LogP contribution in [0, 0.1) is 28.6 Å². The van der Waals surface area contributed by atoms with Crippen LogP contribution in [0.5, 0.6) is 0 Å². The summed E-state index contributed by atoms with van der Waals surface area (Å²) in [6, 6.07) is 1.61. The van der Waals surface area contributed by atoms with Gasteiger partial charge in [0.2, 0.25) is 0 Å². The van der Waals surface area contributed by atoms with Crippen molar-refractivity contribution in [1.82, 2.24) is 4.98 Å². The zero-order valence-corrected chi connectivity index (χ0v) is 17.9. The number of carbonyl (C=O) groups excluding carboxylic acids is 1. The third-order valence-electron chi connectivity index (χ3n) is 8.65. The molecule has 1 aromatic heterocycles. The predicted octanol–water partition coefficient (Wildman–Crippen LogP) is 6.71. The number of carbonyl (C=O) groups is 1. The normalized spacial score (nSPS) is 37.7. The highest BCUT2D eigenvalue weighted by Crippen LogP contribution is 2.66. The van der Waals surface area contributed by atoms with Gasteiger partial charge in [-0.3, -0.25) is 9.78 Å². The highest BCUT2D eigenvalue weighted by molar-refractivity contribution is 5.91. The molecule has 0 aromatic carbocycles. The second-order valence-electron chi connectivity index (χ2n) is 10.2. The van der Waals surface area contributed by atoms with Crippen LogP contribution >= 0.6 is 0 Å². The van der Waals surface area contributed by atoms with Gasteiger partial charge in [-0.05, 0) is 72.1 Å². The average molecular weight is 410 g/mol. The van der Waals surface area contributed by atoms with Crippen LogP contribution in [0.15, 0.2) is 47.8 Å². The standard InChI is InChI=1S/C26H29F2NO/c1-15-10-19-21-5-4-20(16-11-17(24(27)28)14-29-13-16)25(21,2)9-7-22(19)26(3)8-6-18(30)12-23(15)26/h4-5,11-15,19,22,24H,6-10H2,1-3H3/t15?,19?,22?,25-,26-/m1/s1. The lowest BCUT2D eigenvalue weighted by molar-refractivity contribution is -0.116. The second kappa shape index (κ2) is 6.70. The molecule has 0 N–H and O–H groups in total. The van der Waals surface area contributed by atoms with E-state index in [0.717, 1.165) is 36.8 Å². The molecule has 0 radical (unpaired) electrons. The minimum Gasteiger partial charge on any atom is -0.295 e. The van der Waals surface area contributed by atoms with Crippen molar-refractivity contribution in [3.8, 4) is 0 Å². The van der Waals surface area contributed by atoms with Crippen LogP contribution in [0.4, 0.5) is 8.78 Å². The van der Waals surface area contributed by atoms with Crippen molar-refractivity contribution in [3.05, 3.63) is 59.0 Å². The number of pyridine rings is 1. The summed E-state index contributed by atoms with van der Waals surface area (Å²) in [6.45, 7) is 6.93. The summed E-state index contributed by atoms with van der Waals surface area (Å²) in [6.07, 6.45) is 11.6. The summed E-state index contributed by atoms with van der Waals surface area (Å²) in [5.41, 5.74) is 4.73. The summed E-state index contributed by atoms with van der Waals surface area (Å²) in [4.78, 5) is 16.2. The van der Waals surface area contributed by atoms with Gasteiger partial charge in [0, 0.05) is 29.8 Å². The maximum absolute atomic E-state index is 13.3. The molecule has 0 amide bonds. The molecule has 1 aromatic rings. The SMILES string of the molecule is CC1CC2C3=CC=C(c4cncc(C(F)F)c4)[C@@]3(C)CCC2[C@@]2(C)CCC(=O)C=C12. The summed E-state index contributed by atoms with van der Waals surface area (Å²) in [5, 5.41) is 0. The lowest BCUT2D eigenvalue weighted by atomic mass is 9.46. The van der Waals surface area contributed by atoms with Gasteiger partial charge in [0.1, 0.15) is 0 Å². The molecule has 0 bridgehead atoms. The Morgan fingerprint density at radius 3 is 2.70 bits per heavy atom. The van der Waals surface area contributed by atoms with Gasteiger partial charge in [-0.15, -0.1) is 0 Å². The van der Waals surface area contributed by atoms with E-state index in [1.807, 2.05) is 6.08 Å². The predicted molar refractivity (Wildman–Crippen MR) is 114 cm³/mol. The molecule has 5 atom stereocenters. The Morgan fingerprint density at radius 1 is 1.13 bits per heavy atom. The molecule has 3 unspecified atom stereocenters. The molecular formula is C26H29F2NO. The first kappa shape index (κ1) is 19.8. The average Bonchev–Trinajstić information content (AvgIpc) is 3.07. The van der Waals surface area contributed by atoms with Crippen molar-refractivity contribution >= 4 is 11.4 Å². The van der Waals surface area contributed by atoms with E-state index in [2.05, 4.69) is 37.9 Å². The molecular weight excluding hydrogens is 380 g/mol. The van der Waals surface area contributed by atoms with Gasteiger partial charge in [0.05, 0.1) is 0 Å². The number of rotatable bonds is 2. The van der Waals surface area contributed by atoms with E-state index in [1.165, 1.54) is 17.3 Å². The fourth-order valence-corrected chi connectivity index (χ4v) is 7.11. The molecule has 5 rings (SSSR count). The topological polar surface area (TPSA) is 30.0 Å². The van der Waals surface area contributed by atoms with Crippen LogP contribution in [0.3, 0.4) is 0 Å². The van der Waals surface area contributed by atoms with Crippen molar-refractivity contribution < 1.29 is 13.6 Å². The van der Waals surface area contributed by atoms with Gasteiger partial charge in [-0.1, -0.05) is 44.1 Å². The van der Waals surface area contributed by atoms with Crippen LogP contribution in [0.25, 0.3) is 5.57 Å². The fraction of sp³-hybridized carbons (Fsp3) is 0.538. The molecule has 1 heterocycles. The second-order valence-corrected chi connectivity index (χ2v) is 10.2. The van der Waals surface area contributed by atoms with Crippen molar-refractivity contribution in [2.75, 3.05) is 0 Å². The molecule has 30 heavy (non-hydrogen) atoms.